The van der Waals surface area contributed by atoms with Crippen LogP contribution >= 0.6 is 0 Å². The number of piperidine rings is 1. The number of benzene rings is 4. The minimum atomic E-state index is -0.823. The molecule has 4 atom stereocenters. The number of amides is 2. The van der Waals surface area contributed by atoms with Gasteiger partial charge in [0.2, 0.25) is 0 Å². The SMILES string of the molecule is COC(=O)[C@H](Cc1ccccc1)NC(=O)NCc1ccc([C@@H]2O[C@H](CN3CCC(n4c(=O)[nH]c5ccccc54)CC3)C[C@H](c3ccc(CO)cc3)O2)cc1. The summed E-state index contributed by atoms with van der Waals surface area (Å²) in [4.78, 5) is 43.4. The number of aliphatic hydroxyl groups is 1. The van der Waals surface area contributed by atoms with Gasteiger partial charge in [-0.2, -0.15) is 0 Å². The van der Waals surface area contributed by atoms with Crippen LogP contribution in [-0.4, -0.2) is 70.4 Å². The number of para-hydroxylation sites is 2. The van der Waals surface area contributed by atoms with E-state index in [-0.39, 0.29) is 37.1 Å². The summed E-state index contributed by atoms with van der Waals surface area (Å²) < 4.78 is 20.0. The van der Waals surface area contributed by atoms with Crippen molar-refractivity contribution in [3.63, 3.8) is 0 Å². The summed E-state index contributed by atoms with van der Waals surface area (Å²) >= 11 is 0. The number of aliphatic hydroxyl groups excluding tert-OH is 1. The smallest absolute Gasteiger partial charge is 0.328 e. The molecule has 0 unspecified atom stereocenters. The lowest BCUT2D eigenvalue weighted by molar-refractivity contribution is -0.253. The van der Waals surface area contributed by atoms with Crippen LogP contribution in [0.2, 0.25) is 0 Å². The third-order valence-corrected chi connectivity index (χ3v) is 10.4. The molecule has 12 nitrogen and oxygen atoms in total. The first-order valence-electron chi connectivity index (χ1n) is 18.5. The molecule has 0 saturated carbocycles. The molecule has 0 spiro atoms. The van der Waals surface area contributed by atoms with Gasteiger partial charge in [0.05, 0.1) is 37.0 Å². The van der Waals surface area contributed by atoms with E-state index in [9.17, 15) is 19.5 Å². The predicted octanol–water partition coefficient (Wildman–Crippen LogP) is 5.29. The topological polar surface area (TPSA) is 147 Å². The fraction of sp³-hybridized carbons (Fsp3) is 0.357. The molecule has 12 heteroatoms. The molecule has 2 aliphatic rings. The Morgan fingerprint density at radius 2 is 1.56 bits per heavy atom. The van der Waals surface area contributed by atoms with Gasteiger partial charge in [-0.3, -0.25) is 4.57 Å². The number of H-pyrrole nitrogens is 1. The molecule has 4 aromatic carbocycles. The van der Waals surface area contributed by atoms with Crippen LogP contribution in [0.1, 0.15) is 65.5 Å². The summed E-state index contributed by atoms with van der Waals surface area (Å²) in [6.07, 6.45) is 1.78. The van der Waals surface area contributed by atoms with Gasteiger partial charge in [0.1, 0.15) is 6.04 Å². The Kier molecular flexibility index (Phi) is 11.8. The van der Waals surface area contributed by atoms with Crippen molar-refractivity contribution in [1.82, 2.24) is 25.1 Å². The van der Waals surface area contributed by atoms with Crippen LogP contribution in [0.15, 0.2) is 108 Å². The highest BCUT2D eigenvalue weighted by atomic mass is 16.7. The van der Waals surface area contributed by atoms with Crippen molar-refractivity contribution in [3.05, 3.63) is 141 Å². The van der Waals surface area contributed by atoms with Crippen molar-refractivity contribution in [2.24, 2.45) is 0 Å². The average Bonchev–Trinajstić information content (AvgIpc) is 3.55. The summed E-state index contributed by atoms with van der Waals surface area (Å²) in [6, 6.07) is 31.7. The van der Waals surface area contributed by atoms with Crippen LogP contribution in [-0.2, 0) is 38.6 Å². The molecule has 5 aromatic rings. The number of likely N-dealkylation sites (tertiary alicyclic amines) is 1. The summed E-state index contributed by atoms with van der Waals surface area (Å²) in [7, 11) is 1.30. The van der Waals surface area contributed by atoms with E-state index in [0.717, 1.165) is 71.3 Å². The number of carbonyl (C=O) groups excluding carboxylic acids is 2. The van der Waals surface area contributed by atoms with Crippen molar-refractivity contribution in [2.45, 2.75) is 69.4 Å². The van der Waals surface area contributed by atoms with E-state index < -0.39 is 24.3 Å². The van der Waals surface area contributed by atoms with Gasteiger partial charge in [-0.05, 0) is 47.2 Å². The molecule has 1 aromatic heterocycles. The van der Waals surface area contributed by atoms with Crippen LogP contribution in [0.4, 0.5) is 4.79 Å². The highest BCUT2D eigenvalue weighted by molar-refractivity contribution is 5.83. The number of carbonyl (C=O) groups is 2. The molecule has 3 heterocycles. The second-order valence-electron chi connectivity index (χ2n) is 14.0. The zero-order valence-electron chi connectivity index (χ0n) is 30.4. The molecule has 2 amide bonds. The Bertz CT molecular complexity index is 2060. The summed E-state index contributed by atoms with van der Waals surface area (Å²) in [5, 5.41) is 15.2. The van der Waals surface area contributed by atoms with E-state index in [4.69, 9.17) is 14.2 Å². The maximum Gasteiger partial charge on any atom is 0.328 e. The van der Waals surface area contributed by atoms with Crippen molar-refractivity contribution < 1.29 is 28.9 Å². The molecule has 54 heavy (non-hydrogen) atoms. The van der Waals surface area contributed by atoms with Crippen molar-refractivity contribution in [3.8, 4) is 0 Å². The number of esters is 1. The number of urea groups is 1. The summed E-state index contributed by atoms with van der Waals surface area (Å²) in [5.74, 6) is -0.515. The Balaban J connectivity index is 0.982. The predicted molar refractivity (Wildman–Crippen MR) is 203 cm³/mol. The van der Waals surface area contributed by atoms with Crippen LogP contribution in [0.3, 0.4) is 0 Å². The molecule has 4 N–H and O–H groups in total. The second-order valence-corrected chi connectivity index (χ2v) is 14.0. The average molecular weight is 734 g/mol. The molecule has 0 bridgehead atoms. The van der Waals surface area contributed by atoms with Crippen molar-refractivity contribution >= 4 is 23.0 Å². The van der Waals surface area contributed by atoms with Crippen LogP contribution in [0.25, 0.3) is 11.0 Å². The number of fused-ring (bicyclic) bond motifs is 1. The maximum atomic E-state index is 12.8. The highest BCUT2D eigenvalue weighted by Gasteiger charge is 2.34. The fourth-order valence-corrected chi connectivity index (χ4v) is 7.49. The number of aromatic nitrogens is 2. The second kappa shape index (κ2) is 17.3. The van der Waals surface area contributed by atoms with E-state index in [1.54, 1.807) is 0 Å². The first-order valence-corrected chi connectivity index (χ1v) is 18.5. The van der Waals surface area contributed by atoms with E-state index in [1.165, 1.54) is 7.11 Å². The molecule has 0 aliphatic carbocycles. The quantitative estimate of drug-likeness (QED) is 0.127. The zero-order valence-corrected chi connectivity index (χ0v) is 30.4. The lowest BCUT2D eigenvalue weighted by Gasteiger charge is -2.40. The third kappa shape index (κ3) is 8.91. The van der Waals surface area contributed by atoms with Crippen molar-refractivity contribution in [1.29, 1.82) is 0 Å². The van der Waals surface area contributed by atoms with Gasteiger partial charge in [-0.25, -0.2) is 14.4 Å². The van der Waals surface area contributed by atoms with Crippen molar-refractivity contribution in [2.75, 3.05) is 26.7 Å². The van der Waals surface area contributed by atoms with Gasteiger partial charge >= 0.3 is 17.7 Å². The molecule has 7 rings (SSSR count). The largest absolute Gasteiger partial charge is 0.467 e. The maximum absolute atomic E-state index is 12.8. The van der Waals surface area contributed by atoms with Crippen LogP contribution in [0, 0.1) is 0 Å². The highest BCUT2D eigenvalue weighted by Crippen LogP contribution is 2.38. The van der Waals surface area contributed by atoms with E-state index >= 15 is 0 Å². The van der Waals surface area contributed by atoms with E-state index in [2.05, 4.69) is 20.5 Å². The Hall–Kier alpha value is -5.27. The van der Waals surface area contributed by atoms with Gasteiger partial charge in [0.15, 0.2) is 6.29 Å². The molecule has 2 aliphatic heterocycles. The number of nitrogens with zero attached hydrogens (tertiary/aromatic N) is 2. The number of aromatic amines is 1. The Morgan fingerprint density at radius 1 is 0.870 bits per heavy atom. The Morgan fingerprint density at radius 3 is 2.28 bits per heavy atom. The first-order chi connectivity index (χ1) is 26.4. The molecular formula is C42H47N5O7. The molecule has 2 saturated heterocycles. The van der Waals surface area contributed by atoms with Gasteiger partial charge in [-0.15, -0.1) is 0 Å². The Labute approximate surface area is 314 Å². The lowest BCUT2D eigenvalue weighted by atomic mass is 9.98. The van der Waals surface area contributed by atoms with E-state index in [1.807, 2.05) is 108 Å². The molecule has 0 radical (unpaired) electrons. The van der Waals surface area contributed by atoms with Gasteiger partial charge in [0, 0.05) is 50.6 Å². The van der Waals surface area contributed by atoms with Gasteiger partial charge in [0.25, 0.3) is 0 Å². The number of imidazole rings is 1. The number of rotatable bonds is 12. The third-order valence-electron chi connectivity index (χ3n) is 10.4. The molecular weight excluding hydrogens is 686 g/mol. The number of ether oxygens (including phenoxy) is 3. The normalized spacial score (nSPS) is 20.0. The minimum absolute atomic E-state index is 0.0246. The fourth-order valence-electron chi connectivity index (χ4n) is 7.49. The standard InChI is InChI=1S/C42H47N5O7/c1-52-39(49)36(23-28-7-3-2-4-8-28)44-41(50)43-25-29-11-17-32(18-12-29)40-53-34(24-38(54-40)31-15-13-30(27-48)14-16-31)26-46-21-19-33(20-22-46)47-37-10-6-5-9-35(37)45-42(47)51/h2-18,33-34,36,38,40,48H,19-27H2,1H3,(H,45,51)(H2,43,44,50)/t34-,36-,38+,40+/m0/s1. The molecule has 2 fully saturated rings. The summed E-state index contributed by atoms with van der Waals surface area (Å²) in [5.41, 5.74) is 6.25. The first kappa shape index (κ1) is 37.1. The number of methoxy groups -OCH3 is 1. The molecule has 282 valence electrons. The number of hydrogen-bond acceptors (Lipinski definition) is 8. The lowest BCUT2D eigenvalue weighted by Crippen LogP contribution is -2.47. The minimum Gasteiger partial charge on any atom is -0.467 e. The number of hydrogen-bond donors (Lipinski definition) is 4. The van der Waals surface area contributed by atoms with Gasteiger partial charge in [-0.1, -0.05) is 91.0 Å². The monoisotopic (exact) mass is 733 g/mol. The van der Waals surface area contributed by atoms with Crippen LogP contribution in [0.5, 0.6) is 0 Å². The van der Waals surface area contributed by atoms with E-state index in [0.29, 0.717) is 12.8 Å². The van der Waals surface area contributed by atoms with Crippen LogP contribution < -0.4 is 16.3 Å². The zero-order chi connectivity index (χ0) is 37.4. The number of nitrogens with one attached hydrogen (secondary N) is 3. The summed E-state index contributed by atoms with van der Waals surface area (Å²) in [6.45, 7) is 2.65. The van der Waals surface area contributed by atoms with Gasteiger partial charge < -0.3 is 39.8 Å².